The first-order valence-corrected chi connectivity index (χ1v) is 7.20. The number of nitrogens with zero attached hydrogens (tertiary/aromatic N) is 1. The summed E-state index contributed by atoms with van der Waals surface area (Å²) in [6.45, 7) is 9.62. The van der Waals surface area contributed by atoms with E-state index in [-0.39, 0.29) is 6.10 Å². The van der Waals surface area contributed by atoms with Gasteiger partial charge in [0.15, 0.2) is 0 Å². The van der Waals surface area contributed by atoms with Gasteiger partial charge in [0, 0.05) is 31.8 Å². The Bertz CT molecular complexity index is 218. The maximum absolute atomic E-state index is 9.98. The predicted molar refractivity (Wildman–Crippen MR) is 74.8 cm³/mol. The summed E-state index contributed by atoms with van der Waals surface area (Å²) in [6.07, 6.45) is 2.09. The van der Waals surface area contributed by atoms with Crippen molar-refractivity contribution in [2.75, 3.05) is 33.4 Å². The van der Waals surface area contributed by atoms with Gasteiger partial charge in [-0.1, -0.05) is 0 Å². The van der Waals surface area contributed by atoms with Crippen LogP contribution in [0, 0.1) is 5.92 Å². The van der Waals surface area contributed by atoms with E-state index >= 15 is 0 Å². The van der Waals surface area contributed by atoms with Crippen LogP contribution in [0.1, 0.15) is 33.6 Å². The smallest absolute Gasteiger partial charge is 0.0791 e. The second-order valence-corrected chi connectivity index (χ2v) is 5.86. The largest absolute Gasteiger partial charge is 0.390 e. The van der Waals surface area contributed by atoms with E-state index in [1.807, 2.05) is 7.05 Å². The van der Waals surface area contributed by atoms with Crippen molar-refractivity contribution in [1.29, 1.82) is 0 Å². The van der Waals surface area contributed by atoms with Crippen LogP contribution in [0.2, 0.25) is 0 Å². The fraction of sp³-hybridized carbons (Fsp3) is 1.00. The Labute approximate surface area is 112 Å². The highest BCUT2D eigenvalue weighted by Crippen LogP contribution is 2.17. The van der Waals surface area contributed by atoms with Gasteiger partial charge in [-0.05, 0) is 46.6 Å². The van der Waals surface area contributed by atoms with E-state index in [2.05, 4.69) is 31.0 Å². The van der Waals surface area contributed by atoms with Crippen molar-refractivity contribution in [3.05, 3.63) is 0 Å². The molecular formula is C14H30N2O2. The average Bonchev–Trinajstić information content (AvgIpc) is 2.36. The number of aliphatic hydroxyl groups excluding tert-OH is 1. The van der Waals surface area contributed by atoms with Crippen LogP contribution < -0.4 is 5.32 Å². The van der Waals surface area contributed by atoms with Crippen LogP contribution in [0.15, 0.2) is 0 Å². The number of aliphatic hydroxyl groups is 1. The molecule has 0 bridgehead atoms. The zero-order valence-electron chi connectivity index (χ0n) is 12.4. The Hall–Kier alpha value is -0.160. The van der Waals surface area contributed by atoms with Crippen LogP contribution in [-0.4, -0.2) is 61.5 Å². The molecule has 1 aliphatic heterocycles. The van der Waals surface area contributed by atoms with E-state index in [1.54, 1.807) is 0 Å². The Balaban J connectivity index is 2.18. The first kappa shape index (κ1) is 15.9. The highest BCUT2D eigenvalue weighted by molar-refractivity contribution is 4.76. The average molecular weight is 258 g/mol. The number of likely N-dealkylation sites (N-methyl/N-ethyl adjacent to an activating group) is 1. The third-order valence-corrected chi connectivity index (χ3v) is 3.96. The third kappa shape index (κ3) is 5.65. The van der Waals surface area contributed by atoms with Gasteiger partial charge in [0.1, 0.15) is 0 Å². The van der Waals surface area contributed by atoms with Crippen LogP contribution in [0.5, 0.6) is 0 Å². The molecule has 1 heterocycles. The van der Waals surface area contributed by atoms with E-state index in [1.165, 1.54) is 6.42 Å². The summed E-state index contributed by atoms with van der Waals surface area (Å²) in [4.78, 5) is 2.17. The molecule has 108 valence electrons. The van der Waals surface area contributed by atoms with Gasteiger partial charge < -0.3 is 20.1 Å². The number of rotatable bonds is 7. The second kappa shape index (κ2) is 8.10. The molecule has 1 aliphatic rings. The minimum atomic E-state index is -0.302. The molecule has 1 rings (SSSR count). The molecule has 0 radical (unpaired) electrons. The van der Waals surface area contributed by atoms with Gasteiger partial charge in [0.2, 0.25) is 0 Å². The van der Waals surface area contributed by atoms with Gasteiger partial charge in [-0.25, -0.2) is 0 Å². The Morgan fingerprint density at radius 2 is 2.11 bits per heavy atom. The van der Waals surface area contributed by atoms with Gasteiger partial charge in [0.05, 0.1) is 12.7 Å². The summed E-state index contributed by atoms with van der Waals surface area (Å²) in [7, 11) is 2.05. The molecule has 4 heteroatoms. The van der Waals surface area contributed by atoms with Crippen LogP contribution in [0.4, 0.5) is 0 Å². The highest BCUT2D eigenvalue weighted by atomic mass is 16.5. The van der Waals surface area contributed by atoms with Crippen LogP contribution in [-0.2, 0) is 4.74 Å². The summed E-state index contributed by atoms with van der Waals surface area (Å²) in [5.74, 6) is 0.591. The fourth-order valence-electron chi connectivity index (χ4n) is 2.26. The number of ether oxygens (including phenoxy) is 1. The van der Waals surface area contributed by atoms with E-state index in [9.17, 15) is 5.11 Å². The molecular weight excluding hydrogens is 228 g/mol. The fourth-order valence-corrected chi connectivity index (χ4v) is 2.26. The molecule has 0 amide bonds. The standard InChI is InChI=1S/C14H30N2O2/c1-11(2)16(4)9-14(17)8-15-12(3)13-6-5-7-18-10-13/h11-15,17H,5-10H2,1-4H3/t12-,13-,14+/m0/s1. The normalized spacial score (nSPS) is 24.5. The molecule has 0 saturated carbocycles. The topological polar surface area (TPSA) is 44.7 Å². The molecule has 0 aromatic rings. The first-order valence-electron chi connectivity index (χ1n) is 7.20. The Morgan fingerprint density at radius 3 is 2.67 bits per heavy atom. The van der Waals surface area contributed by atoms with E-state index in [0.717, 1.165) is 26.2 Å². The summed E-state index contributed by atoms with van der Waals surface area (Å²) >= 11 is 0. The molecule has 4 nitrogen and oxygen atoms in total. The van der Waals surface area contributed by atoms with Crippen molar-refractivity contribution >= 4 is 0 Å². The van der Waals surface area contributed by atoms with Crippen LogP contribution in [0.3, 0.4) is 0 Å². The minimum absolute atomic E-state index is 0.302. The molecule has 3 atom stereocenters. The number of hydrogen-bond donors (Lipinski definition) is 2. The summed E-state index contributed by atoms with van der Waals surface area (Å²) in [5.41, 5.74) is 0. The van der Waals surface area contributed by atoms with E-state index in [4.69, 9.17) is 4.74 Å². The molecule has 0 spiro atoms. The Morgan fingerprint density at radius 1 is 1.39 bits per heavy atom. The molecule has 0 aromatic carbocycles. The minimum Gasteiger partial charge on any atom is -0.390 e. The molecule has 18 heavy (non-hydrogen) atoms. The van der Waals surface area contributed by atoms with Crippen molar-refractivity contribution in [2.45, 2.75) is 51.8 Å². The summed E-state index contributed by atoms with van der Waals surface area (Å²) in [5, 5.41) is 13.4. The van der Waals surface area contributed by atoms with Gasteiger partial charge in [-0.15, -0.1) is 0 Å². The van der Waals surface area contributed by atoms with Crippen molar-refractivity contribution in [2.24, 2.45) is 5.92 Å². The molecule has 0 aliphatic carbocycles. The lowest BCUT2D eigenvalue weighted by atomic mass is 9.95. The number of nitrogens with one attached hydrogen (secondary N) is 1. The van der Waals surface area contributed by atoms with Gasteiger partial charge in [-0.2, -0.15) is 0 Å². The maximum Gasteiger partial charge on any atom is 0.0791 e. The Kier molecular flexibility index (Phi) is 7.15. The molecule has 2 N–H and O–H groups in total. The second-order valence-electron chi connectivity index (χ2n) is 5.86. The van der Waals surface area contributed by atoms with Crippen molar-refractivity contribution in [1.82, 2.24) is 10.2 Å². The number of hydrogen-bond acceptors (Lipinski definition) is 4. The van der Waals surface area contributed by atoms with Crippen molar-refractivity contribution < 1.29 is 9.84 Å². The lowest BCUT2D eigenvalue weighted by Gasteiger charge is -2.30. The van der Waals surface area contributed by atoms with Gasteiger partial charge in [0.25, 0.3) is 0 Å². The molecule has 1 fully saturated rings. The monoisotopic (exact) mass is 258 g/mol. The SMILES string of the molecule is CC(C)N(C)C[C@H](O)CN[C@@H](C)[C@H]1CCCOC1. The third-order valence-electron chi connectivity index (χ3n) is 3.96. The summed E-state index contributed by atoms with van der Waals surface area (Å²) in [6, 6.07) is 0.896. The van der Waals surface area contributed by atoms with Crippen LogP contribution in [0.25, 0.3) is 0 Å². The molecule has 0 aromatic heterocycles. The predicted octanol–water partition coefficient (Wildman–Crippen LogP) is 1.09. The van der Waals surface area contributed by atoms with Crippen LogP contribution >= 0.6 is 0 Å². The zero-order chi connectivity index (χ0) is 13.5. The quantitative estimate of drug-likeness (QED) is 0.717. The molecule has 0 unspecified atom stereocenters. The summed E-state index contributed by atoms with van der Waals surface area (Å²) < 4.78 is 5.50. The molecule has 1 saturated heterocycles. The van der Waals surface area contributed by atoms with Crippen molar-refractivity contribution in [3.63, 3.8) is 0 Å². The van der Waals surface area contributed by atoms with Gasteiger partial charge in [-0.3, -0.25) is 0 Å². The lowest BCUT2D eigenvalue weighted by molar-refractivity contribution is 0.0380. The first-order chi connectivity index (χ1) is 8.50. The van der Waals surface area contributed by atoms with Crippen molar-refractivity contribution in [3.8, 4) is 0 Å². The van der Waals surface area contributed by atoms with Gasteiger partial charge >= 0.3 is 0 Å². The highest BCUT2D eigenvalue weighted by Gasteiger charge is 2.21. The van der Waals surface area contributed by atoms with E-state index < -0.39 is 0 Å². The lowest BCUT2D eigenvalue weighted by Crippen LogP contribution is -2.45. The van der Waals surface area contributed by atoms with E-state index in [0.29, 0.717) is 24.5 Å². The maximum atomic E-state index is 9.98. The zero-order valence-corrected chi connectivity index (χ0v) is 12.4.